The molecule has 5 nitrogen and oxygen atoms in total. The lowest BCUT2D eigenvalue weighted by atomic mass is 9.43. The molecule has 0 amide bonds. The van der Waals surface area contributed by atoms with E-state index < -0.39 is 0 Å². The Labute approximate surface area is 207 Å². The molecule has 0 aromatic carbocycles. The van der Waals surface area contributed by atoms with Crippen molar-refractivity contribution in [1.82, 2.24) is 0 Å². The van der Waals surface area contributed by atoms with Crippen LogP contribution in [0.15, 0.2) is 0 Å². The van der Waals surface area contributed by atoms with E-state index in [1.54, 1.807) is 0 Å². The maximum absolute atomic E-state index is 12.5. The summed E-state index contributed by atoms with van der Waals surface area (Å²) in [7, 11) is 1.45. The Bertz CT molecular complexity index is 797. The largest absolute Gasteiger partial charge is 0.469 e. The molecule has 0 spiro atoms. The molecule has 0 N–H and O–H groups in total. The first-order chi connectivity index (χ1) is 15.5. The molecule has 0 radical (unpaired) electrons. The number of rotatable bonds is 5. The van der Waals surface area contributed by atoms with Crippen LogP contribution in [0.2, 0.25) is 0 Å². The Morgan fingerprint density at radius 3 is 2.48 bits per heavy atom. The molecule has 4 aliphatic carbocycles. The van der Waals surface area contributed by atoms with Gasteiger partial charge in [0.05, 0.1) is 11.9 Å². The molecular formula is C27H41BrO5. The first kappa shape index (κ1) is 25.2. The van der Waals surface area contributed by atoms with Crippen LogP contribution in [-0.2, 0) is 23.9 Å². The van der Waals surface area contributed by atoms with Crippen LogP contribution in [-0.4, -0.2) is 35.8 Å². The van der Waals surface area contributed by atoms with E-state index in [0.29, 0.717) is 54.1 Å². The predicted molar refractivity (Wildman–Crippen MR) is 130 cm³/mol. The summed E-state index contributed by atoms with van der Waals surface area (Å²) in [6, 6.07) is 0. The highest BCUT2D eigenvalue weighted by atomic mass is 79.9. The van der Waals surface area contributed by atoms with E-state index in [0.717, 1.165) is 38.5 Å². The molecule has 186 valence electrons. The molecule has 0 aromatic heterocycles. The van der Waals surface area contributed by atoms with Gasteiger partial charge in [0.25, 0.3) is 0 Å². The van der Waals surface area contributed by atoms with Crippen LogP contribution in [0.3, 0.4) is 0 Å². The van der Waals surface area contributed by atoms with Crippen LogP contribution in [0.5, 0.6) is 0 Å². The van der Waals surface area contributed by atoms with Crippen molar-refractivity contribution in [2.24, 2.45) is 46.3 Å². The Kier molecular flexibility index (Phi) is 7.08. The van der Waals surface area contributed by atoms with Gasteiger partial charge >= 0.3 is 11.9 Å². The summed E-state index contributed by atoms with van der Waals surface area (Å²) < 4.78 is 11.0. The van der Waals surface area contributed by atoms with Crippen molar-refractivity contribution in [2.45, 2.75) is 96.4 Å². The second-order valence-corrected chi connectivity index (χ2v) is 12.9. The molecule has 0 aliphatic heterocycles. The minimum Gasteiger partial charge on any atom is -0.469 e. The summed E-state index contributed by atoms with van der Waals surface area (Å²) in [5, 5.41) is 0. The molecule has 4 fully saturated rings. The van der Waals surface area contributed by atoms with Gasteiger partial charge in [-0.05, 0) is 85.9 Å². The highest BCUT2D eigenvalue weighted by Gasteiger charge is 2.65. The lowest BCUT2D eigenvalue weighted by molar-refractivity contribution is -0.192. The van der Waals surface area contributed by atoms with Crippen molar-refractivity contribution in [2.75, 3.05) is 7.11 Å². The van der Waals surface area contributed by atoms with Gasteiger partial charge in [-0.2, -0.15) is 0 Å². The van der Waals surface area contributed by atoms with Crippen LogP contribution in [0, 0.1) is 46.3 Å². The third-order valence-electron chi connectivity index (χ3n) is 10.7. The monoisotopic (exact) mass is 524 g/mol. The number of alkyl halides is 1. The number of halogens is 1. The topological polar surface area (TPSA) is 69.7 Å². The summed E-state index contributed by atoms with van der Waals surface area (Å²) in [5.41, 5.74) is 0.0448. The van der Waals surface area contributed by atoms with E-state index in [2.05, 4.69) is 36.7 Å². The number of Topliss-reactive ketones (excluding diaryl/α,β-unsaturated/α-hetero) is 1. The standard InChI is InChI=1S/C27H41BrO5/c1-15(6-11-24(31)32-5)18-9-10-19-17-7-8-20-25(28)22(30)12-13-26(20,3)21(17)14-23(27(18,19)4)33-16(2)29/h15,17-21,23,25H,6-14H2,1-5H3/t15-,17+,18+,19-,20-,21+,23+,25+,26+,27-/m1/s1. The average Bonchev–Trinajstić information content (AvgIpc) is 3.13. The normalized spacial score (nSPS) is 45.4. The van der Waals surface area contributed by atoms with Crippen molar-refractivity contribution in [1.29, 1.82) is 0 Å². The number of fused-ring (bicyclic) bond motifs is 5. The molecule has 4 aliphatic rings. The number of methoxy groups -OCH3 is 1. The molecule has 6 heteroatoms. The van der Waals surface area contributed by atoms with E-state index in [1.807, 2.05) is 0 Å². The third kappa shape index (κ3) is 4.10. The number of esters is 2. The van der Waals surface area contributed by atoms with Crippen LogP contribution in [0.4, 0.5) is 0 Å². The Morgan fingerprint density at radius 2 is 1.82 bits per heavy atom. The van der Waals surface area contributed by atoms with Gasteiger partial charge in [-0.1, -0.05) is 36.7 Å². The Hall–Kier alpha value is -0.910. The highest BCUT2D eigenvalue weighted by Crippen LogP contribution is 2.69. The molecule has 0 unspecified atom stereocenters. The maximum atomic E-state index is 12.5. The van der Waals surface area contributed by atoms with Crippen LogP contribution in [0.25, 0.3) is 0 Å². The molecule has 0 heterocycles. The van der Waals surface area contributed by atoms with E-state index in [-0.39, 0.29) is 33.7 Å². The van der Waals surface area contributed by atoms with E-state index in [1.165, 1.54) is 20.5 Å². The summed E-state index contributed by atoms with van der Waals surface area (Å²) >= 11 is 3.76. The fourth-order valence-electron chi connectivity index (χ4n) is 9.01. The minimum absolute atomic E-state index is 0.0349. The van der Waals surface area contributed by atoms with Crippen LogP contribution in [0.1, 0.15) is 85.5 Å². The molecular weight excluding hydrogens is 484 g/mol. The fraction of sp³-hybridized carbons (Fsp3) is 0.889. The number of ether oxygens (including phenoxy) is 2. The molecule has 0 saturated heterocycles. The maximum Gasteiger partial charge on any atom is 0.305 e. The van der Waals surface area contributed by atoms with Gasteiger partial charge in [0.15, 0.2) is 0 Å². The minimum atomic E-state index is -0.194. The lowest BCUT2D eigenvalue weighted by Gasteiger charge is -2.62. The Balaban J connectivity index is 1.64. The zero-order valence-electron chi connectivity index (χ0n) is 20.9. The zero-order valence-corrected chi connectivity index (χ0v) is 22.5. The van der Waals surface area contributed by atoms with Crippen LogP contribution < -0.4 is 0 Å². The quantitative estimate of drug-likeness (QED) is 0.339. The van der Waals surface area contributed by atoms with Gasteiger partial charge in [-0.3, -0.25) is 14.4 Å². The first-order valence-corrected chi connectivity index (χ1v) is 13.9. The summed E-state index contributed by atoms with van der Waals surface area (Å²) in [5.74, 6) is 2.82. The van der Waals surface area contributed by atoms with E-state index in [4.69, 9.17) is 9.47 Å². The molecule has 0 aromatic rings. The van der Waals surface area contributed by atoms with Crippen molar-refractivity contribution >= 4 is 33.7 Å². The van der Waals surface area contributed by atoms with Gasteiger partial charge in [0, 0.05) is 25.2 Å². The number of hydrogen-bond donors (Lipinski definition) is 0. The zero-order chi connectivity index (χ0) is 24.1. The van der Waals surface area contributed by atoms with E-state index >= 15 is 0 Å². The number of ketones is 1. The average molecular weight is 526 g/mol. The Morgan fingerprint density at radius 1 is 1.12 bits per heavy atom. The van der Waals surface area contributed by atoms with Crippen molar-refractivity contribution in [3.05, 3.63) is 0 Å². The number of carbonyl (C=O) groups is 3. The van der Waals surface area contributed by atoms with Crippen molar-refractivity contribution in [3.63, 3.8) is 0 Å². The van der Waals surface area contributed by atoms with Gasteiger partial charge in [-0.25, -0.2) is 0 Å². The van der Waals surface area contributed by atoms with Crippen molar-refractivity contribution in [3.8, 4) is 0 Å². The summed E-state index contributed by atoms with van der Waals surface area (Å²) in [4.78, 5) is 36.5. The molecule has 10 atom stereocenters. The third-order valence-corrected chi connectivity index (χ3v) is 11.8. The molecule has 4 rings (SSSR count). The van der Waals surface area contributed by atoms with Gasteiger partial charge in [0.2, 0.25) is 0 Å². The first-order valence-electron chi connectivity index (χ1n) is 12.9. The second-order valence-electron chi connectivity index (χ2n) is 11.9. The number of carbonyl (C=O) groups excluding carboxylic acids is 3. The smallest absolute Gasteiger partial charge is 0.305 e. The number of hydrogen-bond acceptors (Lipinski definition) is 5. The molecule has 33 heavy (non-hydrogen) atoms. The lowest BCUT2D eigenvalue weighted by Crippen LogP contribution is -2.60. The van der Waals surface area contributed by atoms with Gasteiger partial charge in [-0.15, -0.1) is 0 Å². The van der Waals surface area contributed by atoms with Gasteiger partial charge in [0.1, 0.15) is 11.9 Å². The second kappa shape index (κ2) is 9.28. The van der Waals surface area contributed by atoms with Crippen LogP contribution >= 0.6 is 15.9 Å². The van der Waals surface area contributed by atoms with E-state index in [9.17, 15) is 14.4 Å². The highest BCUT2D eigenvalue weighted by molar-refractivity contribution is 9.10. The van der Waals surface area contributed by atoms with Gasteiger partial charge < -0.3 is 9.47 Å². The fourth-order valence-corrected chi connectivity index (χ4v) is 10.1. The summed E-state index contributed by atoms with van der Waals surface area (Å²) in [6.45, 7) is 8.58. The summed E-state index contributed by atoms with van der Waals surface area (Å²) in [6.07, 6.45) is 8.23. The molecule has 4 saturated carbocycles. The molecule has 0 bridgehead atoms. The predicted octanol–water partition coefficient (Wildman–Crippen LogP) is 5.72. The van der Waals surface area contributed by atoms with Crippen molar-refractivity contribution < 1.29 is 23.9 Å². The SMILES string of the molecule is COC(=O)CC[C@@H](C)[C@@H]1CC[C@@H]2[C@@H]3CC[C@@H]4[C@H](Br)C(=O)CC[C@]4(C)[C@H]3C[C@H](OC(C)=O)[C@@]21C.